The lowest BCUT2D eigenvalue weighted by molar-refractivity contribution is 0.0948. The smallest absolute Gasteiger partial charge is 0.254 e. The van der Waals surface area contributed by atoms with Crippen LogP contribution >= 0.6 is 15.9 Å². The van der Waals surface area contributed by atoms with E-state index in [-0.39, 0.29) is 5.91 Å². The van der Waals surface area contributed by atoms with Crippen molar-refractivity contribution < 1.29 is 4.79 Å². The molecule has 0 spiro atoms. The van der Waals surface area contributed by atoms with Crippen LogP contribution in [0.15, 0.2) is 41.1 Å². The van der Waals surface area contributed by atoms with Crippen LogP contribution < -0.4 is 5.32 Å². The van der Waals surface area contributed by atoms with Crippen molar-refractivity contribution in [2.75, 3.05) is 45.8 Å². The highest BCUT2D eigenvalue weighted by Crippen LogP contribution is 2.14. The van der Waals surface area contributed by atoms with E-state index in [4.69, 9.17) is 0 Å². The molecule has 0 atom stereocenters. The number of piperazine rings is 1. The molecule has 1 aliphatic heterocycles. The number of rotatable bonds is 7. The number of likely N-dealkylation sites (N-methyl/N-ethyl adjacent to an activating group) is 1. The van der Waals surface area contributed by atoms with Gasteiger partial charge in [-0.25, -0.2) is 4.68 Å². The maximum Gasteiger partial charge on any atom is 0.254 e. The zero-order valence-electron chi connectivity index (χ0n) is 15.2. The number of hydrogen-bond donors (Lipinski definition) is 1. The molecule has 1 aromatic heterocycles. The van der Waals surface area contributed by atoms with Gasteiger partial charge in [-0.1, -0.05) is 22.9 Å². The third kappa shape index (κ3) is 5.16. The molecule has 140 valence electrons. The molecule has 7 heteroatoms. The van der Waals surface area contributed by atoms with Gasteiger partial charge in [-0.2, -0.15) is 5.10 Å². The maximum atomic E-state index is 12.3. The average molecular weight is 420 g/mol. The van der Waals surface area contributed by atoms with E-state index in [1.54, 1.807) is 17.1 Å². The number of nitrogens with one attached hydrogen (secondary N) is 1. The largest absolute Gasteiger partial charge is 0.352 e. The van der Waals surface area contributed by atoms with Gasteiger partial charge in [-0.05, 0) is 43.8 Å². The average Bonchev–Trinajstić information content (AvgIpc) is 3.16. The first-order valence-electron chi connectivity index (χ1n) is 9.19. The zero-order valence-corrected chi connectivity index (χ0v) is 16.8. The van der Waals surface area contributed by atoms with Crippen molar-refractivity contribution in [2.24, 2.45) is 0 Å². The molecular formula is C19H26BrN5O. The maximum absolute atomic E-state index is 12.3. The number of amides is 1. The Hall–Kier alpha value is -1.70. The van der Waals surface area contributed by atoms with Crippen LogP contribution in [0, 0.1) is 0 Å². The molecule has 1 amide bonds. The van der Waals surface area contributed by atoms with E-state index in [2.05, 4.69) is 43.1 Å². The first kappa shape index (κ1) is 19.1. The first-order chi connectivity index (χ1) is 12.7. The van der Waals surface area contributed by atoms with Crippen molar-refractivity contribution in [3.63, 3.8) is 0 Å². The van der Waals surface area contributed by atoms with E-state index in [1.165, 1.54) is 0 Å². The molecule has 2 aromatic rings. The number of carbonyl (C=O) groups excluding carboxylic acids is 1. The van der Waals surface area contributed by atoms with E-state index in [9.17, 15) is 4.79 Å². The van der Waals surface area contributed by atoms with Crippen LogP contribution in [0.25, 0.3) is 5.69 Å². The molecule has 0 aliphatic carbocycles. The van der Waals surface area contributed by atoms with E-state index >= 15 is 0 Å². The fourth-order valence-electron chi connectivity index (χ4n) is 3.11. The molecule has 1 N–H and O–H groups in total. The summed E-state index contributed by atoms with van der Waals surface area (Å²) in [5, 5.41) is 7.28. The number of hydrogen-bond acceptors (Lipinski definition) is 4. The lowest BCUT2D eigenvalue weighted by Crippen LogP contribution is -2.46. The lowest BCUT2D eigenvalue weighted by atomic mass is 10.2. The normalized spacial score (nSPS) is 15.9. The highest BCUT2D eigenvalue weighted by Gasteiger charge is 2.15. The number of nitrogens with zero attached hydrogens (tertiary/aromatic N) is 4. The monoisotopic (exact) mass is 419 g/mol. The fraction of sp³-hybridized carbons (Fsp3) is 0.474. The summed E-state index contributed by atoms with van der Waals surface area (Å²) in [6.45, 7) is 9.63. The molecule has 0 saturated carbocycles. The van der Waals surface area contributed by atoms with Gasteiger partial charge in [-0.3, -0.25) is 4.79 Å². The second kappa shape index (κ2) is 9.30. The summed E-state index contributed by atoms with van der Waals surface area (Å²) in [6, 6.07) is 7.82. The highest BCUT2D eigenvalue weighted by molar-refractivity contribution is 9.10. The van der Waals surface area contributed by atoms with Gasteiger partial charge >= 0.3 is 0 Å². The Bertz CT molecular complexity index is 707. The Balaban J connectivity index is 1.41. The summed E-state index contributed by atoms with van der Waals surface area (Å²) >= 11 is 3.42. The quantitative estimate of drug-likeness (QED) is 0.699. The Morgan fingerprint density at radius 2 is 1.85 bits per heavy atom. The van der Waals surface area contributed by atoms with Gasteiger partial charge in [0.05, 0.1) is 17.4 Å². The third-order valence-electron chi connectivity index (χ3n) is 4.78. The number of carbonyl (C=O) groups is 1. The van der Waals surface area contributed by atoms with Crippen LogP contribution in [-0.2, 0) is 0 Å². The van der Waals surface area contributed by atoms with Crippen molar-refractivity contribution in [2.45, 2.75) is 13.3 Å². The Kier molecular flexibility index (Phi) is 6.82. The Labute approximate surface area is 163 Å². The summed E-state index contributed by atoms with van der Waals surface area (Å²) in [4.78, 5) is 17.2. The topological polar surface area (TPSA) is 53.4 Å². The van der Waals surface area contributed by atoms with Gasteiger partial charge < -0.3 is 15.1 Å². The van der Waals surface area contributed by atoms with Crippen LogP contribution in [0.2, 0.25) is 0 Å². The van der Waals surface area contributed by atoms with Crippen molar-refractivity contribution in [3.8, 4) is 5.69 Å². The van der Waals surface area contributed by atoms with Gasteiger partial charge in [0.1, 0.15) is 0 Å². The summed E-state index contributed by atoms with van der Waals surface area (Å²) < 4.78 is 2.73. The minimum absolute atomic E-state index is 0.0656. The lowest BCUT2D eigenvalue weighted by Gasteiger charge is -2.33. The second-order valence-electron chi connectivity index (χ2n) is 6.54. The van der Waals surface area contributed by atoms with Gasteiger partial charge in [0.25, 0.3) is 5.91 Å². The molecule has 1 fully saturated rings. The van der Waals surface area contributed by atoms with E-state index in [0.717, 1.165) is 55.8 Å². The van der Waals surface area contributed by atoms with Crippen LogP contribution in [-0.4, -0.2) is 71.3 Å². The van der Waals surface area contributed by atoms with Crippen LogP contribution in [0.1, 0.15) is 23.7 Å². The molecule has 0 unspecified atom stereocenters. The summed E-state index contributed by atoms with van der Waals surface area (Å²) in [7, 11) is 0. The number of aromatic nitrogens is 2. The van der Waals surface area contributed by atoms with Crippen LogP contribution in [0.5, 0.6) is 0 Å². The third-order valence-corrected chi connectivity index (χ3v) is 5.31. The molecule has 2 heterocycles. The van der Waals surface area contributed by atoms with Gasteiger partial charge in [0, 0.05) is 43.4 Å². The molecule has 1 aliphatic rings. The summed E-state index contributed by atoms with van der Waals surface area (Å²) in [5.41, 5.74) is 1.52. The molecule has 6 nitrogen and oxygen atoms in total. The first-order valence-corrected chi connectivity index (χ1v) is 9.98. The van der Waals surface area contributed by atoms with E-state index in [0.29, 0.717) is 12.1 Å². The van der Waals surface area contributed by atoms with Crippen LogP contribution in [0.3, 0.4) is 0 Å². The molecule has 0 bridgehead atoms. The van der Waals surface area contributed by atoms with Crippen molar-refractivity contribution in [3.05, 3.63) is 46.7 Å². The van der Waals surface area contributed by atoms with Gasteiger partial charge in [0.15, 0.2) is 0 Å². The zero-order chi connectivity index (χ0) is 18.4. The van der Waals surface area contributed by atoms with E-state index < -0.39 is 0 Å². The Morgan fingerprint density at radius 3 is 2.54 bits per heavy atom. The number of halogens is 1. The Morgan fingerprint density at radius 1 is 1.15 bits per heavy atom. The predicted molar refractivity (Wildman–Crippen MR) is 107 cm³/mol. The SMILES string of the molecule is CCN1CCN(CCCNC(=O)c2cnn(-c3ccc(Br)cc3)c2)CC1. The van der Waals surface area contributed by atoms with Gasteiger partial charge in [-0.15, -0.1) is 0 Å². The molecule has 0 radical (unpaired) electrons. The molecule has 3 rings (SSSR count). The molecular weight excluding hydrogens is 394 g/mol. The standard InChI is InChI=1S/C19H26BrN5O/c1-2-23-10-12-24(13-11-23)9-3-8-21-19(26)16-14-22-25(15-16)18-6-4-17(20)5-7-18/h4-7,14-15H,2-3,8-13H2,1H3,(H,21,26). The minimum atomic E-state index is -0.0656. The minimum Gasteiger partial charge on any atom is -0.352 e. The summed E-state index contributed by atoms with van der Waals surface area (Å²) in [5.74, 6) is -0.0656. The summed E-state index contributed by atoms with van der Waals surface area (Å²) in [6.07, 6.45) is 4.35. The number of benzene rings is 1. The predicted octanol–water partition coefficient (Wildman–Crippen LogP) is 2.39. The highest BCUT2D eigenvalue weighted by atomic mass is 79.9. The molecule has 1 saturated heterocycles. The van der Waals surface area contributed by atoms with Crippen molar-refractivity contribution >= 4 is 21.8 Å². The van der Waals surface area contributed by atoms with Gasteiger partial charge in [0.2, 0.25) is 0 Å². The van der Waals surface area contributed by atoms with E-state index in [1.807, 2.05) is 24.3 Å². The molecule has 26 heavy (non-hydrogen) atoms. The van der Waals surface area contributed by atoms with Crippen LogP contribution in [0.4, 0.5) is 0 Å². The fourth-order valence-corrected chi connectivity index (χ4v) is 3.38. The van der Waals surface area contributed by atoms with Crippen molar-refractivity contribution in [1.82, 2.24) is 24.9 Å². The molecule has 1 aromatic carbocycles. The van der Waals surface area contributed by atoms with Crippen molar-refractivity contribution in [1.29, 1.82) is 0 Å². The second-order valence-corrected chi connectivity index (χ2v) is 7.45.